The Bertz CT molecular complexity index is 1280. The van der Waals surface area contributed by atoms with Crippen LogP contribution in [-0.4, -0.2) is 48.8 Å². The van der Waals surface area contributed by atoms with Crippen LogP contribution in [0.4, 0.5) is 4.39 Å². The maximum Gasteiger partial charge on any atom is 0.332 e. The van der Waals surface area contributed by atoms with Gasteiger partial charge in [-0.3, -0.25) is 18.7 Å². The highest BCUT2D eigenvalue weighted by Gasteiger charge is 2.21. The van der Waals surface area contributed by atoms with Gasteiger partial charge < -0.3 is 4.90 Å². The molecule has 1 fully saturated rings. The van der Waals surface area contributed by atoms with Crippen molar-refractivity contribution < 1.29 is 9.18 Å². The zero-order valence-electron chi connectivity index (χ0n) is 17.3. The molecule has 3 aromatic rings. The third-order valence-corrected chi connectivity index (χ3v) is 6.35. The fourth-order valence-corrected chi connectivity index (χ4v) is 4.57. The Kier molecular flexibility index (Phi) is 5.90. The molecular formula is C21H22FN5O3S. The van der Waals surface area contributed by atoms with E-state index in [0.29, 0.717) is 10.6 Å². The van der Waals surface area contributed by atoms with E-state index in [1.165, 1.54) is 36.9 Å². The van der Waals surface area contributed by atoms with Crippen molar-refractivity contribution in [2.45, 2.75) is 24.3 Å². The molecule has 0 saturated carbocycles. The smallest absolute Gasteiger partial charge is 0.332 e. The summed E-state index contributed by atoms with van der Waals surface area (Å²) in [5.74, 6) is -0.178. The van der Waals surface area contributed by atoms with Crippen LogP contribution in [0.5, 0.6) is 0 Å². The maximum atomic E-state index is 13.8. The first-order valence-corrected chi connectivity index (χ1v) is 11.0. The lowest BCUT2D eigenvalue weighted by Crippen LogP contribution is -2.38. The largest absolute Gasteiger partial charge is 0.342 e. The number of benzene rings is 1. The third kappa shape index (κ3) is 4.12. The summed E-state index contributed by atoms with van der Waals surface area (Å²) in [6.45, 7) is 1.46. The molecule has 0 unspecified atom stereocenters. The topological polar surface area (TPSA) is 90.1 Å². The Balaban J connectivity index is 1.82. The lowest BCUT2D eigenvalue weighted by molar-refractivity contribution is -0.129. The highest BCUT2D eigenvalue weighted by atomic mass is 32.2. The number of rotatable bonds is 4. The first kappa shape index (κ1) is 21.2. The van der Waals surface area contributed by atoms with Gasteiger partial charge in [-0.1, -0.05) is 23.9 Å². The van der Waals surface area contributed by atoms with Crippen LogP contribution in [0, 0.1) is 5.82 Å². The molecule has 2 aromatic heterocycles. The number of amides is 1. The van der Waals surface area contributed by atoms with Crippen molar-refractivity contribution in [3.05, 3.63) is 50.9 Å². The zero-order valence-corrected chi connectivity index (χ0v) is 18.1. The van der Waals surface area contributed by atoms with Gasteiger partial charge in [0.15, 0.2) is 11.5 Å². The number of nitrogens with zero attached hydrogens (tertiary/aromatic N) is 5. The van der Waals surface area contributed by atoms with Crippen molar-refractivity contribution in [1.82, 2.24) is 24.0 Å². The number of carbonyl (C=O) groups excluding carboxylic acids is 1. The molecular weight excluding hydrogens is 421 g/mol. The number of aromatic nitrogens is 4. The monoisotopic (exact) mass is 443 g/mol. The Morgan fingerprint density at radius 1 is 1.10 bits per heavy atom. The van der Waals surface area contributed by atoms with Gasteiger partial charge in [-0.2, -0.15) is 0 Å². The van der Waals surface area contributed by atoms with Crippen molar-refractivity contribution >= 4 is 28.7 Å². The van der Waals surface area contributed by atoms with E-state index < -0.39 is 17.1 Å². The number of carbonyl (C=O) groups is 1. The quantitative estimate of drug-likeness (QED) is 0.452. The van der Waals surface area contributed by atoms with Crippen molar-refractivity contribution in [3.8, 4) is 11.4 Å². The average molecular weight is 444 g/mol. The van der Waals surface area contributed by atoms with Crippen LogP contribution in [0.2, 0.25) is 0 Å². The summed E-state index contributed by atoms with van der Waals surface area (Å²) in [5, 5.41) is 0.465. The van der Waals surface area contributed by atoms with E-state index in [9.17, 15) is 18.8 Å². The highest BCUT2D eigenvalue weighted by molar-refractivity contribution is 8.00. The summed E-state index contributed by atoms with van der Waals surface area (Å²) >= 11 is 1.14. The van der Waals surface area contributed by atoms with E-state index in [1.54, 1.807) is 6.07 Å². The van der Waals surface area contributed by atoms with Gasteiger partial charge in [0, 0.05) is 32.7 Å². The molecule has 1 aromatic carbocycles. The second-order valence-corrected chi connectivity index (χ2v) is 8.46. The number of likely N-dealkylation sites (tertiary alicyclic amines) is 1. The molecule has 10 heteroatoms. The Morgan fingerprint density at radius 2 is 1.84 bits per heavy atom. The van der Waals surface area contributed by atoms with Crippen molar-refractivity contribution in [1.29, 1.82) is 0 Å². The van der Waals surface area contributed by atoms with Crippen molar-refractivity contribution in [2.75, 3.05) is 18.8 Å². The molecule has 0 bridgehead atoms. The van der Waals surface area contributed by atoms with Gasteiger partial charge in [0.2, 0.25) is 5.91 Å². The van der Waals surface area contributed by atoms with E-state index in [-0.39, 0.29) is 28.5 Å². The molecule has 1 saturated heterocycles. The van der Waals surface area contributed by atoms with Crippen LogP contribution >= 0.6 is 11.8 Å². The van der Waals surface area contributed by atoms with Crippen LogP contribution in [0.1, 0.15) is 19.3 Å². The fourth-order valence-electron chi connectivity index (χ4n) is 3.65. The molecule has 3 heterocycles. The van der Waals surface area contributed by atoms with Gasteiger partial charge in [-0.25, -0.2) is 19.2 Å². The minimum atomic E-state index is -0.531. The van der Waals surface area contributed by atoms with E-state index in [4.69, 9.17) is 0 Å². The van der Waals surface area contributed by atoms with Crippen LogP contribution in [0.3, 0.4) is 0 Å². The summed E-state index contributed by atoms with van der Waals surface area (Å²) in [6, 6.07) is 5.78. The number of thioether (sulfide) groups is 1. The van der Waals surface area contributed by atoms with Gasteiger partial charge in [-0.05, 0) is 31.4 Å². The number of fused-ring (bicyclic) bond motifs is 1. The lowest BCUT2D eigenvalue weighted by Gasteiger charge is -2.26. The number of piperidine rings is 1. The summed E-state index contributed by atoms with van der Waals surface area (Å²) in [6.07, 6.45) is 3.09. The minimum absolute atomic E-state index is 0.0228. The SMILES string of the molecule is Cn1c(=O)c2c(SCC(=O)N3CCCCC3)nc(-c3cccc(F)c3)nc2n(C)c1=O. The molecule has 0 aliphatic carbocycles. The Hall–Kier alpha value is -3.01. The third-order valence-electron chi connectivity index (χ3n) is 5.39. The zero-order chi connectivity index (χ0) is 22.1. The Morgan fingerprint density at radius 3 is 2.55 bits per heavy atom. The summed E-state index contributed by atoms with van der Waals surface area (Å²) in [4.78, 5) is 48.7. The van der Waals surface area contributed by atoms with E-state index in [2.05, 4.69) is 9.97 Å². The summed E-state index contributed by atoms with van der Waals surface area (Å²) in [5.41, 5.74) is -0.493. The second-order valence-electron chi connectivity index (χ2n) is 7.50. The average Bonchev–Trinajstić information content (AvgIpc) is 2.79. The summed E-state index contributed by atoms with van der Waals surface area (Å²) in [7, 11) is 2.90. The predicted octanol–water partition coefficient (Wildman–Crippen LogP) is 1.94. The number of hydrogen-bond donors (Lipinski definition) is 0. The van der Waals surface area contributed by atoms with Crippen molar-refractivity contribution in [3.63, 3.8) is 0 Å². The summed E-state index contributed by atoms with van der Waals surface area (Å²) < 4.78 is 16.0. The van der Waals surface area contributed by atoms with Crippen LogP contribution in [0.25, 0.3) is 22.4 Å². The van der Waals surface area contributed by atoms with Crippen LogP contribution in [-0.2, 0) is 18.9 Å². The van der Waals surface area contributed by atoms with E-state index in [1.807, 2.05) is 4.90 Å². The molecule has 1 aliphatic heterocycles. The predicted molar refractivity (Wildman–Crippen MR) is 117 cm³/mol. The molecule has 0 spiro atoms. The van der Waals surface area contributed by atoms with E-state index in [0.717, 1.165) is 48.7 Å². The Labute approximate surface area is 181 Å². The molecule has 1 amide bonds. The molecule has 0 N–H and O–H groups in total. The molecule has 0 radical (unpaired) electrons. The highest BCUT2D eigenvalue weighted by Crippen LogP contribution is 2.27. The molecule has 4 rings (SSSR count). The molecule has 31 heavy (non-hydrogen) atoms. The second kappa shape index (κ2) is 8.62. The van der Waals surface area contributed by atoms with Crippen molar-refractivity contribution in [2.24, 2.45) is 14.1 Å². The van der Waals surface area contributed by atoms with Gasteiger partial charge in [0.25, 0.3) is 5.56 Å². The van der Waals surface area contributed by atoms with Gasteiger partial charge in [0.05, 0.1) is 5.75 Å². The number of halogens is 1. The normalized spacial score (nSPS) is 14.2. The molecule has 0 atom stereocenters. The van der Waals surface area contributed by atoms with Crippen LogP contribution in [0.15, 0.2) is 38.9 Å². The van der Waals surface area contributed by atoms with Gasteiger partial charge in [-0.15, -0.1) is 0 Å². The fraction of sp³-hybridized carbons (Fsp3) is 0.381. The first-order chi connectivity index (χ1) is 14.9. The maximum absolute atomic E-state index is 13.8. The number of hydrogen-bond acceptors (Lipinski definition) is 6. The molecule has 1 aliphatic rings. The van der Waals surface area contributed by atoms with Gasteiger partial charge in [0.1, 0.15) is 16.2 Å². The van der Waals surface area contributed by atoms with E-state index >= 15 is 0 Å². The first-order valence-electron chi connectivity index (χ1n) is 10.0. The standard InChI is InChI=1S/C21H22FN5O3S/c1-25-18-16(20(29)26(2)21(25)30)19(31-12-15(28)27-9-4-3-5-10-27)24-17(23-18)13-7-6-8-14(22)11-13/h6-8,11H,3-5,9-10,12H2,1-2H3. The lowest BCUT2D eigenvalue weighted by atomic mass is 10.1. The van der Waals surface area contributed by atoms with Gasteiger partial charge >= 0.3 is 5.69 Å². The molecule has 8 nitrogen and oxygen atoms in total. The molecule has 162 valence electrons. The minimum Gasteiger partial charge on any atom is -0.342 e. The van der Waals surface area contributed by atoms with Crippen LogP contribution < -0.4 is 11.2 Å². The number of aryl methyl sites for hydroxylation is 1.